The van der Waals surface area contributed by atoms with Crippen molar-refractivity contribution in [2.75, 3.05) is 13.7 Å². The van der Waals surface area contributed by atoms with Crippen molar-refractivity contribution in [1.29, 1.82) is 0 Å². The largest absolute Gasteiger partial charge is 0.474 e. The van der Waals surface area contributed by atoms with Crippen molar-refractivity contribution >= 4 is 11.9 Å². The zero-order valence-corrected chi connectivity index (χ0v) is 6.44. The van der Waals surface area contributed by atoms with Gasteiger partial charge in [0.15, 0.2) is 0 Å². The zero-order valence-electron chi connectivity index (χ0n) is 6.44. The molecule has 5 nitrogen and oxygen atoms in total. The molecule has 11 heavy (non-hydrogen) atoms. The van der Waals surface area contributed by atoms with Crippen LogP contribution in [-0.4, -0.2) is 46.7 Å². The first-order valence-electron chi connectivity index (χ1n) is 3.11. The molecule has 0 saturated carbocycles. The van der Waals surface area contributed by atoms with E-state index in [0.29, 0.717) is 0 Å². The molecule has 0 aliphatic heterocycles. The molecule has 0 aromatic carbocycles. The minimum atomic E-state index is -1.51. The summed E-state index contributed by atoms with van der Waals surface area (Å²) in [5.41, 5.74) is 0. The fourth-order valence-electron chi connectivity index (χ4n) is 0.474. The van der Waals surface area contributed by atoms with Crippen molar-refractivity contribution in [2.45, 2.75) is 13.0 Å². The Balaban J connectivity index is 4.13. The van der Waals surface area contributed by atoms with Crippen LogP contribution in [-0.2, 0) is 9.59 Å². The topological polar surface area (TPSA) is 77.8 Å². The third kappa shape index (κ3) is 2.55. The third-order valence-electron chi connectivity index (χ3n) is 1.43. The van der Waals surface area contributed by atoms with Gasteiger partial charge in [0.05, 0.1) is 12.6 Å². The van der Waals surface area contributed by atoms with Crippen molar-refractivity contribution < 1.29 is 19.8 Å². The van der Waals surface area contributed by atoms with Crippen LogP contribution in [0.3, 0.4) is 0 Å². The second-order valence-corrected chi connectivity index (χ2v) is 2.25. The number of hydrogen-bond acceptors (Lipinski definition) is 3. The van der Waals surface area contributed by atoms with E-state index in [1.54, 1.807) is 6.92 Å². The molecular weight excluding hydrogens is 150 g/mol. The Morgan fingerprint density at radius 2 is 2.00 bits per heavy atom. The number of amides is 1. The molecular formula is C6H11NO4. The van der Waals surface area contributed by atoms with Crippen LogP contribution >= 0.6 is 0 Å². The summed E-state index contributed by atoms with van der Waals surface area (Å²) in [5.74, 6) is -2.51. The minimum Gasteiger partial charge on any atom is -0.474 e. The Morgan fingerprint density at radius 3 is 2.27 bits per heavy atom. The average molecular weight is 161 g/mol. The van der Waals surface area contributed by atoms with Crippen molar-refractivity contribution in [3.05, 3.63) is 0 Å². The number of carbonyl (C=O) groups is 2. The molecule has 0 aromatic rings. The fourth-order valence-corrected chi connectivity index (χ4v) is 0.474. The van der Waals surface area contributed by atoms with Crippen molar-refractivity contribution in [3.8, 4) is 0 Å². The first-order valence-corrected chi connectivity index (χ1v) is 3.11. The molecule has 0 aliphatic rings. The van der Waals surface area contributed by atoms with Crippen molar-refractivity contribution in [1.82, 2.24) is 4.90 Å². The fraction of sp³-hybridized carbons (Fsp3) is 0.667. The normalized spacial score (nSPS) is 12.3. The molecule has 0 unspecified atom stereocenters. The summed E-state index contributed by atoms with van der Waals surface area (Å²) in [7, 11) is 1.33. The molecule has 0 saturated heterocycles. The Morgan fingerprint density at radius 1 is 1.55 bits per heavy atom. The number of carboxylic acids is 1. The monoisotopic (exact) mass is 161 g/mol. The first kappa shape index (κ1) is 9.90. The van der Waals surface area contributed by atoms with Gasteiger partial charge in [0.1, 0.15) is 0 Å². The summed E-state index contributed by atoms with van der Waals surface area (Å²) in [6.45, 7) is 1.32. The second kappa shape index (κ2) is 3.92. The standard InChI is InChI=1S/C6H11NO4/c1-4(3-8)7(2)5(9)6(10)11/h4,8H,3H2,1-2H3,(H,10,11)/t4-/m1/s1. The maximum Gasteiger partial charge on any atom is 0.394 e. The van der Waals surface area contributed by atoms with Crippen LogP contribution in [0.2, 0.25) is 0 Å². The van der Waals surface area contributed by atoms with E-state index in [4.69, 9.17) is 10.2 Å². The van der Waals surface area contributed by atoms with Crippen molar-refractivity contribution in [3.63, 3.8) is 0 Å². The van der Waals surface area contributed by atoms with Gasteiger partial charge in [-0.2, -0.15) is 0 Å². The lowest BCUT2D eigenvalue weighted by Crippen LogP contribution is -2.41. The Bertz CT molecular complexity index is 168. The van der Waals surface area contributed by atoms with E-state index in [9.17, 15) is 9.59 Å². The summed E-state index contributed by atoms with van der Waals surface area (Å²) < 4.78 is 0. The summed E-state index contributed by atoms with van der Waals surface area (Å²) >= 11 is 0. The molecule has 0 radical (unpaired) electrons. The molecule has 1 atom stereocenters. The van der Waals surface area contributed by atoms with Crippen LogP contribution in [0.15, 0.2) is 0 Å². The molecule has 2 N–H and O–H groups in total. The Kier molecular flexibility index (Phi) is 3.53. The lowest BCUT2D eigenvalue weighted by atomic mass is 10.3. The lowest BCUT2D eigenvalue weighted by Gasteiger charge is -2.20. The second-order valence-electron chi connectivity index (χ2n) is 2.25. The summed E-state index contributed by atoms with van der Waals surface area (Å²) in [5, 5.41) is 16.8. The summed E-state index contributed by atoms with van der Waals surface area (Å²) in [6, 6.07) is -0.460. The number of aliphatic carboxylic acids is 1. The molecule has 1 amide bonds. The third-order valence-corrected chi connectivity index (χ3v) is 1.43. The quantitative estimate of drug-likeness (QED) is 0.504. The number of likely N-dealkylation sites (N-methyl/N-ethyl adjacent to an activating group) is 1. The van der Waals surface area contributed by atoms with Crippen molar-refractivity contribution in [2.24, 2.45) is 0 Å². The van der Waals surface area contributed by atoms with E-state index in [-0.39, 0.29) is 6.61 Å². The maximum atomic E-state index is 10.7. The van der Waals surface area contributed by atoms with Crippen LogP contribution in [0.5, 0.6) is 0 Å². The van der Waals surface area contributed by atoms with E-state index in [2.05, 4.69) is 0 Å². The molecule has 0 aliphatic carbocycles. The molecule has 0 aromatic heterocycles. The number of aliphatic hydroxyl groups excluding tert-OH is 1. The van der Waals surface area contributed by atoms with Gasteiger partial charge in [0.2, 0.25) is 0 Å². The molecule has 0 bridgehead atoms. The summed E-state index contributed by atoms with van der Waals surface area (Å²) in [6.07, 6.45) is 0. The van der Waals surface area contributed by atoms with Gasteiger partial charge in [0, 0.05) is 7.05 Å². The van der Waals surface area contributed by atoms with Gasteiger partial charge in [-0.1, -0.05) is 0 Å². The van der Waals surface area contributed by atoms with E-state index in [1.807, 2.05) is 0 Å². The maximum absolute atomic E-state index is 10.7. The van der Waals surface area contributed by atoms with Crippen LogP contribution in [0.25, 0.3) is 0 Å². The van der Waals surface area contributed by atoms with Gasteiger partial charge in [-0.3, -0.25) is 4.79 Å². The molecule has 0 heterocycles. The van der Waals surface area contributed by atoms with Gasteiger partial charge >= 0.3 is 11.9 Å². The van der Waals surface area contributed by atoms with E-state index >= 15 is 0 Å². The van der Waals surface area contributed by atoms with Crippen LogP contribution in [0.1, 0.15) is 6.92 Å². The van der Waals surface area contributed by atoms with Crippen LogP contribution < -0.4 is 0 Å². The Hall–Kier alpha value is -1.10. The number of aliphatic hydroxyl groups is 1. The average Bonchev–Trinajstić information content (AvgIpc) is 2.00. The highest BCUT2D eigenvalue weighted by atomic mass is 16.4. The first-order chi connectivity index (χ1) is 5.00. The highest BCUT2D eigenvalue weighted by Crippen LogP contribution is 1.94. The number of carbonyl (C=O) groups excluding carboxylic acids is 1. The minimum absolute atomic E-state index is 0.241. The van der Waals surface area contributed by atoms with Crippen LogP contribution in [0, 0.1) is 0 Å². The predicted octanol–water partition coefficient (Wildman–Crippen LogP) is -1.09. The van der Waals surface area contributed by atoms with E-state index < -0.39 is 17.9 Å². The van der Waals surface area contributed by atoms with Gasteiger partial charge in [-0.05, 0) is 6.92 Å². The molecule has 0 rings (SSSR count). The van der Waals surface area contributed by atoms with Crippen LogP contribution in [0.4, 0.5) is 0 Å². The predicted molar refractivity (Wildman–Crippen MR) is 37.0 cm³/mol. The number of carboxylic acid groups (broad SMARTS) is 1. The lowest BCUT2D eigenvalue weighted by molar-refractivity contribution is -0.156. The number of hydrogen-bond donors (Lipinski definition) is 2. The highest BCUT2D eigenvalue weighted by molar-refractivity contribution is 6.31. The smallest absolute Gasteiger partial charge is 0.394 e. The van der Waals surface area contributed by atoms with E-state index in [1.165, 1.54) is 7.05 Å². The summed E-state index contributed by atoms with van der Waals surface area (Å²) in [4.78, 5) is 21.7. The number of rotatable bonds is 2. The van der Waals surface area contributed by atoms with Gasteiger partial charge in [0.25, 0.3) is 0 Å². The Labute approximate surface area is 64.2 Å². The molecule has 0 fully saturated rings. The molecule has 0 spiro atoms. The van der Waals surface area contributed by atoms with Gasteiger partial charge in [-0.25, -0.2) is 4.79 Å². The zero-order chi connectivity index (χ0) is 9.02. The van der Waals surface area contributed by atoms with Gasteiger partial charge < -0.3 is 15.1 Å². The molecule has 5 heteroatoms. The molecule has 64 valence electrons. The highest BCUT2D eigenvalue weighted by Gasteiger charge is 2.20. The SMILES string of the molecule is C[C@H](CO)N(C)C(=O)C(=O)O. The number of nitrogens with zero attached hydrogens (tertiary/aromatic N) is 1. The van der Waals surface area contributed by atoms with Gasteiger partial charge in [-0.15, -0.1) is 0 Å². The van der Waals surface area contributed by atoms with E-state index in [0.717, 1.165) is 4.90 Å².